The molecule has 3 atom stereocenters. The zero-order chi connectivity index (χ0) is 12.7. The molecule has 2 N–H and O–H groups in total. The van der Waals surface area contributed by atoms with Crippen LogP contribution in [0.5, 0.6) is 0 Å². The third-order valence-corrected chi connectivity index (χ3v) is 4.00. The van der Waals surface area contributed by atoms with Crippen LogP contribution in [0.2, 0.25) is 0 Å². The lowest BCUT2D eigenvalue weighted by atomic mass is 10.0. The Kier molecular flexibility index (Phi) is 7.09. The fourth-order valence-electron chi connectivity index (χ4n) is 2.56. The van der Waals surface area contributed by atoms with E-state index in [9.17, 15) is 0 Å². The molecule has 0 aromatic heterocycles. The maximum absolute atomic E-state index is 9.15. The molecule has 3 unspecified atom stereocenters. The Balaban J connectivity index is 2.31. The highest BCUT2D eigenvalue weighted by atomic mass is 16.3. The van der Waals surface area contributed by atoms with E-state index >= 15 is 0 Å². The lowest BCUT2D eigenvalue weighted by molar-refractivity contribution is 0.198. The number of likely N-dealkylation sites (tertiary alicyclic amines) is 1. The van der Waals surface area contributed by atoms with E-state index < -0.39 is 0 Å². The molecule has 0 spiro atoms. The number of nitrogens with one attached hydrogen (secondary N) is 1. The Labute approximate surface area is 107 Å². The van der Waals surface area contributed by atoms with Crippen molar-refractivity contribution >= 4 is 0 Å². The standard InChI is InChI=1S/C14H30N2O/c1-4-8-16-9-5-6-14(7-10-16)15-13(3)12(2)11-17/h12-15,17H,4-11H2,1-3H3. The minimum Gasteiger partial charge on any atom is -0.396 e. The molecule has 1 fully saturated rings. The van der Waals surface area contributed by atoms with Gasteiger partial charge in [0.1, 0.15) is 0 Å². The third-order valence-electron chi connectivity index (χ3n) is 4.00. The molecule has 17 heavy (non-hydrogen) atoms. The molecule has 1 aliphatic heterocycles. The van der Waals surface area contributed by atoms with E-state index in [1.807, 2.05) is 0 Å². The average Bonchev–Trinajstić information content (AvgIpc) is 2.54. The second kappa shape index (κ2) is 8.06. The van der Waals surface area contributed by atoms with Crippen LogP contribution in [0.1, 0.15) is 46.5 Å². The maximum atomic E-state index is 9.15. The molecule has 0 bridgehead atoms. The van der Waals surface area contributed by atoms with Crippen molar-refractivity contribution in [3.63, 3.8) is 0 Å². The van der Waals surface area contributed by atoms with E-state index in [1.165, 1.54) is 45.3 Å². The van der Waals surface area contributed by atoms with Gasteiger partial charge in [0.25, 0.3) is 0 Å². The van der Waals surface area contributed by atoms with Gasteiger partial charge >= 0.3 is 0 Å². The van der Waals surface area contributed by atoms with Crippen LogP contribution in [0.3, 0.4) is 0 Å². The largest absolute Gasteiger partial charge is 0.396 e. The van der Waals surface area contributed by atoms with Gasteiger partial charge in [0.05, 0.1) is 0 Å². The Morgan fingerprint density at radius 2 is 2.06 bits per heavy atom. The first kappa shape index (κ1) is 14.9. The van der Waals surface area contributed by atoms with Crippen molar-refractivity contribution in [2.75, 3.05) is 26.2 Å². The highest BCUT2D eigenvalue weighted by Gasteiger charge is 2.19. The summed E-state index contributed by atoms with van der Waals surface area (Å²) in [4.78, 5) is 2.59. The molecule has 0 aromatic carbocycles. The molecule has 1 heterocycles. The number of aliphatic hydroxyl groups is 1. The zero-order valence-corrected chi connectivity index (χ0v) is 11.8. The fraction of sp³-hybridized carbons (Fsp3) is 1.00. The van der Waals surface area contributed by atoms with Gasteiger partial charge in [-0.15, -0.1) is 0 Å². The molecule has 1 rings (SSSR count). The molecular weight excluding hydrogens is 212 g/mol. The van der Waals surface area contributed by atoms with Gasteiger partial charge < -0.3 is 15.3 Å². The van der Waals surface area contributed by atoms with E-state index in [0.717, 1.165) is 0 Å². The quantitative estimate of drug-likeness (QED) is 0.746. The smallest absolute Gasteiger partial charge is 0.0471 e. The normalized spacial score (nSPS) is 26.5. The Morgan fingerprint density at radius 1 is 1.29 bits per heavy atom. The topological polar surface area (TPSA) is 35.5 Å². The van der Waals surface area contributed by atoms with Crippen LogP contribution in [0.25, 0.3) is 0 Å². The van der Waals surface area contributed by atoms with Gasteiger partial charge in [0.2, 0.25) is 0 Å². The van der Waals surface area contributed by atoms with Gasteiger partial charge in [-0.1, -0.05) is 13.8 Å². The first-order valence-corrected chi connectivity index (χ1v) is 7.26. The number of rotatable bonds is 6. The van der Waals surface area contributed by atoms with E-state index in [2.05, 4.69) is 31.0 Å². The van der Waals surface area contributed by atoms with Crippen molar-refractivity contribution in [2.24, 2.45) is 5.92 Å². The van der Waals surface area contributed by atoms with Crippen molar-refractivity contribution in [1.82, 2.24) is 10.2 Å². The van der Waals surface area contributed by atoms with Crippen molar-refractivity contribution in [2.45, 2.75) is 58.5 Å². The minimum absolute atomic E-state index is 0.281. The van der Waals surface area contributed by atoms with Crippen LogP contribution in [0.15, 0.2) is 0 Å². The number of hydrogen-bond acceptors (Lipinski definition) is 3. The highest BCUT2D eigenvalue weighted by Crippen LogP contribution is 2.13. The molecule has 3 heteroatoms. The summed E-state index contributed by atoms with van der Waals surface area (Å²) in [6.45, 7) is 10.6. The second-order valence-corrected chi connectivity index (χ2v) is 5.58. The number of nitrogens with zero attached hydrogens (tertiary/aromatic N) is 1. The van der Waals surface area contributed by atoms with Crippen LogP contribution < -0.4 is 5.32 Å². The van der Waals surface area contributed by atoms with Crippen LogP contribution >= 0.6 is 0 Å². The summed E-state index contributed by atoms with van der Waals surface area (Å²) in [6, 6.07) is 1.06. The van der Waals surface area contributed by atoms with E-state index in [0.29, 0.717) is 18.0 Å². The summed E-state index contributed by atoms with van der Waals surface area (Å²) in [6.07, 6.45) is 5.10. The van der Waals surface area contributed by atoms with Gasteiger partial charge in [-0.05, 0) is 58.2 Å². The van der Waals surface area contributed by atoms with Crippen LogP contribution in [0, 0.1) is 5.92 Å². The summed E-state index contributed by atoms with van der Waals surface area (Å²) in [7, 11) is 0. The predicted molar refractivity (Wildman–Crippen MR) is 73.2 cm³/mol. The first-order valence-electron chi connectivity index (χ1n) is 7.26. The summed E-state index contributed by atoms with van der Waals surface area (Å²) >= 11 is 0. The lowest BCUT2D eigenvalue weighted by Crippen LogP contribution is -2.41. The molecule has 0 radical (unpaired) electrons. The zero-order valence-electron chi connectivity index (χ0n) is 11.8. The lowest BCUT2D eigenvalue weighted by Gasteiger charge is -2.26. The molecule has 0 aliphatic carbocycles. The average molecular weight is 242 g/mol. The van der Waals surface area contributed by atoms with Gasteiger partial charge in [-0.2, -0.15) is 0 Å². The fourth-order valence-corrected chi connectivity index (χ4v) is 2.56. The van der Waals surface area contributed by atoms with Crippen molar-refractivity contribution in [3.05, 3.63) is 0 Å². The molecule has 102 valence electrons. The van der Waals surface area contributed by atoms with Gasteiger partial charge in [-0.3, -0.25) is 0 Å². The van der Waals surface area contributed by atoms with Gasteiger partial charge in [0, 0.05) is 18.7 Å². The van der Waals surface area contributed by atoms with Gasteiger partial charge in [0.15, 0.2) is 0 Å². The molecule has 0 saturated carbocycles. The molecule has 1 saturated heterocycles. The van der Waals surface area contributed by atoms with E-state index in [-0.39, 0.29) is 6.61 Å². The predicted octanol–water partition coefficient (Wildman–Crippen LogP) is 1.86. The summed E-state index contributed by atoms with van der Waals surface area (Å²) in [5, 5.41) is 12.8. The Hall–Kier alpha value is -0.120. The molecule has 0 amide bonds. The maximum Gasteiger partial charge on any atom is 0.0471 e. The SMILES string of the molecule is CCCN1CCCC(NC(C)C(C)CO)CC1. The molecule has 3 nitrogen and oxygen atoms in total. The highest BCUT2D eigenvalue weighted by molar-refractivity contribution is 4.79. The molecule has 1 aliphatic rings. The van der Waals surface area contributed by atoms with Crippen LogP contribution in [-0.4, -0.2) is 48.3 Å². The number of hydrogen-bond donors (Lipinski definition) is 2. The van der Waals surface area contributed by atoms with Crippen molar-refractivity contribution < 1.29 is 5.11 Å². The van der Waals surface area contributed by atoms with Crippen LogP contribution in [0.4, 0.5) is 0 Å². The minimum atomic E-state index is 0.281. The second-order valence-electron chi connectivity index (χ2n) is 5.58. The number of aliphatic hydroxyl groups excluding tert-OH is 1. The van der Waals surface area contributed by atoms with Crippen molar-refractivity contribution in [1.29, 1.82) is 0 Å². The van der Waals surface area contributed by atoms with E-state index in [4.69, 9.17) is 5.11 Å². The first-order chi connectivity index (χ1) is 8.17. The van der Waals surface area contributed by atoms with Gasteiger partial charge in [-0.25, -0.2) is 0 Å². The van der Waals surface area contributed by atoms with E-state index in [1.54, 1.807) is 0 Å². The monoisotopic (exact) mass is 242 g/mol. The Morgan fingerprint density at radius 3 is 2.71 bits per heavy atom. The third kappa shape index (κ3) is 5.36. The Bertz CT molecular complexity index is 199. The summed E-state index contributed by atoms with van der Waals surface area (Å²) < 4.78 is 0. The summed E-state index contributed by atoms with van der Waals surface area (Å²) in [5.41, 5.74) is 0. The summed E-state index contributed by atoms with van der Waals surface area (Å²) in [5.74, 6) is 0.352. The molecule has 0 aromatic rings. The van der Waals surface area contributed by atoms with Crippen LogP contribution in [-0.2, 0) is 0 Å². The molecular formula is C14H30N2O. The van der Waals surface area contributed by atoms with Crippen molar-refractivity contribution in [3.8, 4) is 0 Å².